The van der Waals surface area contributed by atoms with Gasteiger partial charge in [0.1, 0.15) is 0 Å². The Labute approximate surface area is 149 Å². The third-order valence-electron chi connectivity index (χ3n) is 2.94. The molecule has 24 heavy (non-hydrogen) atoms. The molecule has 0 unspecified atom stereocenters. The first kappa shape index (κ1) is 20.2. The summed E-state index contributed by atoms with van der Waals surface area (Å²) in [5.41, 5.74) is 0.845. The van der Waals surface area contributed by atoms with Gasteiger partial charge in [0.15, 0.2) is 0 Å². The number of carbonyl (C=O) groups excluding carboxylic acids is 3. The summed E-state index contributed by atoms with van der Waals surface area (Å²) in [7, 11) is 1.26. The number of rotatable bonds is 7. The number of alkyl carbamates (subject to hydrolysis) is 1. The van der Waals surface area contributed by atoms with Crippen LogP contribution in [0.15, 0.2) is 24.3 Å². The number of hydrogen-bond donors (Lipinski definition) is 1. The van der Waals surface area contributed by atoms with E-state index in [1.165, 1.54) is 14.0 Å². The molecule has 0 aliphatic carbocycles. The van der Waals surface area contributed by atoms with Crippen molar-refractivity contribution in [3.05, 3.63) is 33.4 Å². The number of hydrogen-bond acceptors (Lipinski definition) is 6. The summed E-state index contributed by atoms with van der Waals surface area (Å²) in [4.78, 5) is 36.3. The van der Waals surface area contributed by atoms with Crippen LogP contribution in [-0.4, -0.2) is 42.7 Å². The van der Waals surface area contributed by atoms with Gasteiger partial charge in [-0.15, -0.1) is 0 Å². The number of alkyl halides is 1. The molecule has 0 spiro atoms. The summed E-state index contributed by atoms with van der Waals surface area (Å²) in [6.45, 7) is 3.29. The summed E-state index contributed by atoms with van der Waals surface area (Å²) in [6.07, 6.45) is -0.390. The Bertz CT molecular complexity index is 574. The van der Waals surface area contributed by atoms with Crippen molar-refractivity contribution in [2.45, 2.75) is 26.3 Å². The molecule has 1 N–H and O–H groups in total. The van der Waals surface area contributed by atoms with E-state index in [4.69, 9.17) is 12.5 Å². The molecule has 0 heterocycles. The van der Waals surface area contributed by atoms with Gasteiger partial charge < -0.3 is 0 Å². The van der Waals surface area contributed by atoms with Crippen LogP contribution in [0.5, 0.6) is 0 Å². The number of amides is 1. The quantitative estimate of drug-likeness (QED) is 0.389. The van der Waals surface area contributed by atoms with Crippen LogP contribution < -0.4 is 5.32 Å². The molecule has 0 bridgehead atoms. The van der Waals surface area contributed by atoms with Crippen molar-refractivity contribution in [1.29, 1.82) is 0 Å². The van der Waals surface area contributed by atoms with E-state index in [0.29, 0.717) is 0 Å². The van der Waals surface area contributed by atoms with Crippen LogP contribution in [0.1, 0.15) is 19.4 Å². The summed E-state index contributed by atoms with van der Waals surface area (Å²) in [6, 6.07) is 6.61. The van der Waals surface area contributed by atoms with Gasteiger partial charge in [-0.1, -0.05) is 0 Å². The van der Waals surface area contributed by atoms with Crippen LogP contribution in [0.4, 0.5) is 4.79 Å². The number of halogens is 1. The van der Waals surface area contributed by atoms with Crippen molar-refractivity contribution in [3.63, 3.8) is 0 Å². The third kappa shape index (κ3) is 6.73. The van der Waals surface area contributed by atoms with Crippen molar-refractivity contribution < 1.29 is 26.9 Å². The Hall–Kier alpha value is -1.84. The monoisotopic (exact) mass is 451 g/mol. The number of benzene rings is 1. The van der Waals surface area contributed by atoms with Gasteiger partial charge in [-0.2, -0.15) is 0 Å². The second-order valence-electron chi connectivity index (χ2n) is 4.76. The second kappa shape index (κ2) is 10.1. The van der Waals surface area contributed by atoms with Crippen molar-refractivity contribution in [2.24, 2.45) is 0 Å². The number of esters is 1. The summed E-state index contributed by atoms with van der Waals surface area (Å²) in [5, 5.41) is 2.49. The minimum atomic E-state index is -1.94. The summed E-state index contributed by atoms with van der Waals surface area (Å²) in [5.74, 6) is -0.827. The first-order valence-electron chi connectivity index (χ1n) is 7.26. The topological polar surface area (TPSA) is 90.9 Å². The van der Waals surface area contributed by atoms with Crippen LogP contribution >= 0.6 is 20.2 Å². The predicted octanol–water partition coefficient (Wildman–Crippen LogP) is 2.30. The molecule has 0 radical (unpaired) electrons. The number of methoxy groups -OCH3 is 1. The maximum atomic E-state index is 11.8. The molecule has 0 aliphatic heterocycles. The van der Waals surface area contributed by atoms with E-state index < -0.39 is 38.3 Å². The van der Waals surface area contributed by atoms with Crippen LogP contribution in [0.2, 0.25) is 0 Å². The molecule has 1 amide bonds. The second-order valence-corrected chi connectivity index (χ2v) is 8.85. The zero-order valence-corrected chi connectivity index (χ0v) is 16.3. The Morgan fingerprint density at radius 1 is 1.21 bits per heavy atom. The third-order valence-corrected chi connectivity index (χ3v) is 6.69. The van der Waals surface area contributed by atoms with Crippen LogP contribution in [-0.2, 0) is 28.5 Å². The van der Waals surface area contributed by atoms with E-state index in [1.54, 1.807) is 6.92 Å². The van der Waals surface area contributed by atoms with E-state index in [-0.39, 0.29) is 19.0 Å². The summed E-state index contributed by atoms with van der Waals surface area (Å²) >= 11 is -1.94. The van der Waals surface area contributed by atoms with Crippen molar-refractivity contribution in [3.8, 4) is 0 Å². The Kier molecular flexibility index (Phi) is 8.51. The molecule has 0 aliphatic rings. The fourth-order valence-corrected chi connectivity index (χ4v) is 4.45. The molecule has 134 valence electrons. The van der Waals surface area contributed by atoms with Crippen molar-refractivity contribution >= 4 is 38.3 Å². The van der Waals surface area contributed by atoms with Gasteiger partial charge in [-0.05, 0) is 0 Å². The summed E-state index contributed by atoms with van der Waals surface area (Å²) < 4.78 is 15.8. The zero-order valence-electron chi connectivity index (χ0n) is 14.1. The van der Waals surface area contributed by atoms with Gasteiger partial charge in [-0.25, -0.2) is 0 Å². The van der Waals surface area contributed by atoms with E-state index in [1.807, 2.05) is 29.2 Å². The molecule has 0 saturated carbocycles. The Morgan fingerprint density at radius 2 is 1.83 bits per heavy atom. The SMILES string of the molecule is CCOC(=O)N[C@@H](Cc1ccc(I(C)OC(C)=O)cc1)C(=O)OC. The van der Waals surface area contributed by atoms with Crippen LogP contribution in [0.25, 0.3) is 0 Å². The van der Waals surface area contributed by atoms with E-state index in [0.717, 1.165) is 9.13 Å². The molecule has 0 saturated heterocycles. The first-order chi connectivity index (χ1) is 11.4. The molecule has 0 aromatic heterocycles. The van der Waals surface area contributed by atoms with Gasteiger partial charge >= 0.3 is 149 Å². The fraction of sp³-hybridized carbons (Fsp3) is 0.438. The minimum absolute atomic E-state index is 0.216. The first-order valence-corrected chi connectivity index (χ1v) is 11.4. The van der Waals surface area contributed by atoms with Gasteiger partial charge in [0.25, 0.3) is 0 Å². The Morgan fingerprint density at radius 3 is 2.33 bits per heavy atom. The van der Waals surface area contributed by atoms with Crippen molar-refractivity contribution in [1.82, 2.24) is 5.32 Å². The maximum absolute atomic E-state index is 11.8. The van der Waals surface area contributed by atoms with E-state index in [2.05, 4.69) is 5.32 Å². The standard InChI is InChI=1S/C16H22INO6/c1-5-23-16(21)18-14(15(20)22-4)10-12-6-8-13(9-7-12)17(3)24-11(2)19/h6-9,14H,5,10H2,1-4H3,(H,18,21)/t14-/m0/s1. The number of nitrogens with one attached hydrogen (secondary N) is 1. The Balaban J connectivity index is 2.77. The molecular formula is C16H22INO6. The van der Waals surface area contributed by atoms with E-state index in [9.17, 15) is 14.4 Å². The number of carbonyl (C=O) groups is 3. The predicted molar refractivity (Wildman–Crippen MR) is 96.5 cm³/mol. The van der Waals surface area contributed by atoms with E-state index >= 15 is 0 Å². The van der Waals surface area contributed by atoms with Gasteiger partial charge in [0.2, 0.25) is 0 Å². The molecule has 0 fully saturated rings. The van der Waals surface area contributed by atoms with Gasteiger partial charge in [0, 0.05) is 0 Å². The molecule has 1 aromatic rings. The zero-order chi connectivity index (χ0) is 18.1. The molecule has 1 rings (SSSR count). The average Bonchev–Trinajstić information content (AvgIpc) is 2.53. The van der Waals surface area contributed by atoms with Gasteiger partial charge in [-0.3, -0.25) is 0 Å². The number of ether oxygens (including phenoxy) is 2. The molecule has 8 heteroatoms. The molecule has 1 aromatic carbocycles. The normalized spacial score (nSPS) is 11.9. The van der Waals surface area contributed by atoms with Crippen LogP contribution in [0, 0.1) is 3.57 Å². The van der Waals surface area contributed by atoms with Crippen LogP contribution in [0.3, 0.4) is 0 Å². The fourth-order valence-electron chi connectivity index (χ4n) is 1.89. The molecular weight excluding hydrogens is 429 g/mol. The molecule has 1 atom stereocenters. The average molecular weight is 451 g/mol. The van der Waals surface area contributed by atoms with Crippen molar-refractivity contribution in [2.75, 3.05) is 18.6 Å². The molecule has 7 nitrogen and oxygen atoms in total. The van der Waals surface area contributed by atoms with Gasteiger partial charge in [0.05, 0.1) is 0 Å².